The third-order valence-electron chi connectivity index (χ3n) is 7.33. The fourth-order valence-electron chi connectivity index (χ4n) is 5.49. The van der Waals surface area contributed by atoms with Crippen molar-refractivity contribution in [3.05, 3.63) is 95.6 Å². The van der Waals surface area contributed by atoms with E-state index >= 15 is 0 Å². The zero-order chi connectivity index (χ0) is 26.5. The summed E-state index contributed by atoms with van der Waals surface area (Å²) in [6.45, 7) is 1.91. The number of quaternary nitrogens is 1. The van der Waals surface area contributed by atoms with Gasteiger partial charge in [0.1, 0.15) is 6.54 Å². The van der Waals surface area contributed by atoms with E-state index in [4.69, 9.17) is 14.6 Å². The van der Waals surface area contributed by atoms with E-state index in [9.17, 15) is 14.7 Å². The maximum Gasteiger partial charge on any atom is 0.348 e. The maximum atomic E-state index is 13.4. The van der Waals surface area contributed by atoms with Gasteiger partial charge in [-0.25, -0.2) is 4.79 Å². The summed E-state index contributed by atoms with van der Waals surface area (Å²) in [5.41, 5.74) is 1.86. The van der Waals surface area contributed by atoms with Crippen LogP contribution in [-0.2, 0) is 19.9 Å². The lowest BCUT2D eigenvalue weighted by Crippen LogP contribution is -2.45. The molecule has 1 heterocycles. The van der Waals surface area contributed by atoms with Gasteiger partial charge in [0.25, 0.3) is 0 Å². The second kappa shape index (κ2) is 11.1. The first-order valence-electron chi connectivity index (χ1n) is 12.4. The molecule has 2 aliphatic rings. The topological polar surface area (TPSA) is 104 Å². The van der Waals surface area contributed by atoms with E-state index in [1.54, 1.807) is 12.1 Å². The van der Waals surface area contributed by atoms with Crippen LogP contribution in [0.2, 0.25) is 0 Å². The molecule has 1 aliphatic heterocycles. The van der Waals surface area contributed by atoms with Crippen molar-refractivity contribution in [1.29, 1.82) is 0 Å². The Labute approximate surface area is 216 Å². The summed E-state index contributed by atoms with van der Waals surface area (Å²) in [5.74, 6) is -0.447. The first-order valence-corrected chi connectivity index (χ1v) is 12.4. The van der Waals surface area contributed by atoms with Crippen LogP contribution in [0, 0.1) is 0 Å². The van der Waals surface area contributed by atoms with Gasteiger partial charge in [-0.15, -0.1) is 0 Å². The van der Waals surface area contributed by atoms with Crippen LogP contribution in [0.5, 0.6) is 0 Å². The quantitative estimate of drug-likeness (QED) is 0.231. The molecule has 1 saturated heterocycles. The molecule has 1 fully saturated rings. The number of fused-ring (bicyclic) bond motifs is 3. The van der Waals surface area contributed by atoms with Crippen LogP contribution in [0.1, 0.15) is 40.7 Å². The number of benzene rings is 3. The largest absolute Gasteiger partial charge is 0.554 e. The van der Waals surface area contributed by atoms with Crippen LogP contribution < -0.4 is 5.11 Å². The number of ether oxygens (including phenoxy) is 1. The van der Waals surface area contributed by atoms with E-state index in [0.29, 0.717) is 24.1 Å². The molecule has 0 spiro atoms. The molecule has 0 aromatic heterocycles. The van der Waals surface area contributed by atoms with Crippen LogP contribution in [0.25, 0.3) is 11.1 Å². The third kappa shape index (κ3) is 5.33. The highest BCUT2D eigenvalue weighted by Gasteiger charge is 2.50. The molecule has 0 saturated carbocycles. The van der Waals surface area contributed by atoms with E-state index in [0.717, 1.165) is 47.1 Å². The normalized spacial score (nSPS) is 20.6. The predicted octanol–water partition coefficient (Wildman–Crippen LogP) is 2.69. The number of hydrogen-bond acceptors (Lipinski definition) is 6. The number of nitrogens with zero attached hydrogens (tertiary/aromatic N) is 1. The molecule has 3 aromatic rings. The van der Waals surface area contributed by atoms with Crippen molar-refractivity contribution < 1.29 is 33.8 Å². The summed E-state index contributed by atoms with van der Waals surface area (Å²) in [6.07, 6.45) is 1.78. The summed E-state index contributed by atoms with van der Waals surface area (Å²) in [7, 11) is 2.15. The summed E-state index contributed by atoms with van der Waals surface area (Å²) < 4.78 is 6.69. The van der Waals surface area contributed by atoms with E-state index in [1.165, 1.54) is 0 Å². The maximum absolute atomic E-state index is 13.4. The lowest BCUT2D eigenvalue weighted by atomic mass is 9.91. The van der Waals surface area contributed by atoms with Crippen molar-refractivity contribution in [2.75, 3.05) is 26.7 Å². The highest BCUT2D eigenvalue weighted by Crippen LogP contribution is 2.48. The Morgan fingerprint density at radius 2 is 1.54 bits per heavy atom. The number of rotatable bonds is 7. The smallest absolute Gasteiger partial charge is 0.348 e. The first-order chi connectivity index (χ1) is 17.8. The van der Waals surface area contributed by atoms with Gasteiger partial charge in [0.15, 0.2) is 11.9 Å². The molecule has 0 bridgehead atoms. The lowest BCUT2D eigenvalue weighted by Gasteiger charge is -2.30. The number of carbonyl (C=O) groups is 3. The van der Waals surface area contributed by atoms with Crippen LogP contribution in [0.4, 0.5) is 0 Å². The SMILES string of the molecule is C[N+]1(CCCC(=O)c2ccccc2)CCC(OC(=O)C2(O)c3ccccc3-c3ccccc32)C1.O=C[O-]. The highest BCUT2D eigenvalue weighted by molar-refractivity contribution is 5.96. The van der Waals surface area contributed by atoms with Crippen LogP contribution in [0.3, 0.4) is 0 Å². The molecular weight excluding hydrogens is 470 g/mol. The van der Waals surface area contributed by atoms with E-state index in [-0.39, 0.29) is 11.9 Å². The number of likely N-dealkylation sites (tertiary alicyclic amines) is 1. The van der Waals surface area contributed by atoms with Crippen molar-refractivity contribution in [3.63, 3.8) is 0 Å². The average molecular weight is 502 g/mol. The molecule has 1 N–H and O–H groups in total. The van der Waals surface area contributed by atoms with Crippen molar-refractivity contribution in [2.24, 2.45) is 0 Å². The van der Waals surface area contributed by atoms with Gasteiger partial charge in [0.05, 0.1) is 20.1 Å². The number of Topliss-reactive ketones (excluding diaryl/α,β-unsaturated/α-hetero) is 1. The second-order valence-corrected chi connectivity index (χ2v) is 9.86. The molecule has 37 heavy (non-hydrogen) atoms. The van der Waals surface area contributed by atoms with E-state index < -0.39 is 18.0 Å². The fraction of sp³-hybridized carbons (Fsp3) is 0.300. The molecule has 5 rings (SSSR count). The number of carboxylic acid groups (broad SMARTS) is 1. The molecule has 0 amide bonds. The standard InChI is InChI=1S/C29H30NO4.CH2O2/c1-30(18-9-16-27(31)21-10-3-2-4-11-21)19-17-22(20-30)34-28(32)29(33)25-14-7-5-12-23(25)24-13-6-8-15-26(24)29;2-1-3/h2-8,10-15,22,33H,9,16-20H2,1H3;1H,(H,2,3)/q+1;/p-1. The first kappa shape index (κ1) is 26.3. The van der Waals surface area contributed by atoms with Gasteiger partial charge < -0.3 is 24.2 Å². The fourth-order valence-corrected chi connectivity index (χ4v) is 5.49. The van der Waals surface area contributed by atoms with Gasteiger partial charge in [-0.05, 0) is 11.1 Å². The Balaban J connectivity index is 0.00000102. The minimum Gasteiger partial charge on any atom is -0.554 e. The minimum absolute atomic E-state index is 0.162. The Bertz CT molecular complexity index is 1230. The molecule has 192 valence electrons. The number of carbonyl (C=O) groups excluding carboxylic acids is 3. The van der Waals surface area contributed by atoms with Gasteiger partial charge in [-0.3, -0.25) is 4.79 Å². The van der Waals surface area contributed by atoms with Crippen LogP contribution >= 0.6 is 0 Å². The lowest BCUT2D eigenvalue weighted by molar-refractivity contribution is -0.899. The highest BCUT2D eigenvalue weighted by atomic mass is 16.6. The van der Waals surface area contributed by atoms with E-state index in [1.807, 2.05) is 66.7 Å². The van der Waals surface area contributed by atoms with Gasteiger partial charge in [0.2, 0.25) is 5.60 Å². The van der Waals surface area contributed by atoms with Crippen LogP contribution in [-0.4, -0.2) is 60.6 Å². The number of esters is 1. The predicted molar refractivity (Wildman–Crippen MR) is 136 cm³/mol. The molecule has 7 heteroatoms. The zero-order valence-corrected chi connectivity index (χ0v) is 20.8. The second-order valence-electron chi connectivity index (χ2n) is 9.86. The molecule has 0 radical (unpaired) electrons. The van der Waals surface area contributed by atoms with Crippen molar-refractivity contribution in [3.8, 4) is 11.1 Å². The molecular formula is C30H31NO6. The Hall–Kier alpha value is -3.81. The third-order valence-corrected chi connectivity index (χ3v) is 7.33. The van der Waals surface area contributed by atoms with Gasteiger partial charge in [-0.2, -0.15) is 0 Å². The Morgan fingerprint density at radius 1 is 1.00 bits per heavy atom. The van der Waals surface area contributed by atoms with Gasteiger partial charge in [-0.1, -0.05) is 78.9 Å². The van der Waals surface area contributed by atoms with Crippen molar-refractivity contribution in [1.82, 2.24) is 0 Å². The number of likely N-dealkylation sites (N-methyl/N-ethyl adjacent to an activating group) is 1. The summed E-state index contributed by atoms with van der Waals surface area (Å²) in [4.78, 5) is 34.1. The number of ketones is 1. The molecule has 2 atom stereocenters. The van der Waals surface area contributed by atoms with Crippen LogP contribution in [0.15, 0.2) is 78.9 Å². The summed E-state index contributed by atoms with van der Waals surface area (Å²) in [5, 5.41) is 19.9. The minimum atomic E-state index is -1.79. The van der Waals surface area contributed by atoms with Gasteiger partial charge in [0, 0.05) is 42.4 Å². The molecule has 7 nitrogen and oxygen atoms in total. The molecule has 1 aliphatic carbocycles. The number of aliphatic hydroxyl groups is 1. The monoisotopic (exact) mass is 501 g/mol. The number of hydrogen-bond donors (Lipinski definition) is 1. The Morgan fingerprint density at radius 3 is 2.14 bits per heavy atom. The Kier molecular flexibility index (Phi) is 7.86. The van der Waals surface area contributed by atoms with Crippen molar-refractivity contribution in [2.45, 2.75) is 31.0 Å². The zero-order valence-electron chi connectivity index (χ0n) is 20.8. The summed E-state index contributed by atoms with van der Waals surface area (Å²) >= 11 is 0. The van der Waals surface area contributed by atoms with Gasteiger partial charge >= 0.3 is 5.97 Å². The molecule has 3 aromatic carbocycles. The summed E-state index contributed by atoms with van der Waals surface area (Å²) in [6, 6.07) is 24.3. The van der Waals surface area contributed by atoms with Crippen molar-refractivity contribution >= 4 is 18.2 Å². The van der Waals surface area contributed by atoms with E-state index in [2.05, 4.69) is 7.05 Å². The average Bonchev–Trinajstić information content (AvgIpc) is 3.41. The molecule has 2 unspecified atom stereocenters.